The van der Waals surface area contributed by atoms with Gasteiger partial charge in [-0.2, -0.15) is 13.2 Å². The van der Waals surface area contributed by atoms with Gasteiger partial charge in [-0.3, -0.25) is 9.36 Å². The summed E-state index contributed by atoms with van der Waals surface area (Å²) in [5, 5.41) is 7.96. The first-order valence-electron chi connectivity index (χ1n) is 5.45. The number of rotatable bonds is 6. The summed E-state index contributed by atoms with van der Waals surface area (Å²) in [6, 6.07) is 0. The molecule has 0 aromatic carbocycles. The second kappa shape index (κ2) is 6.64. The van der Waals surface area contributed by atoms with Crippen LogP contribution in [-0.2, 0) is 11.3 Å². The molecule has 0 bridgehead atoms. The van der Waals surface area contributed by atoms with Gasteiger partial charge in [0.1, 0.15) is 6.54 Å². The summed E-state index contributed by atoms with van der Waals surface area (Å²) in [5.74, 6) is -0.995. The number of aromatic nitrogens is 3. The molecule has 0 atom stereocenters. The highest BCUT2D eigenvalue weighted by atomic mass is 32.2. The standard InChI is InChI=1S/C9H13F3N4O2S/c1-2-3-16-7(18)14-15-8(16)19-4-6(17)13-5-9(10,11)12/h2-5H2,1H3,(H,13,17)(H,14,18). The fourth-order valence-corrected chi connectivity index (χ4v) is 2.02. The molecule has 0 fully saturated rings. The summed E-state index contributed by atoms with van der Waals surface area (Å²) in [7, 11) is 0. The Hall–Kier alpha value is -1.45. The maximum atomic E-state index is 11.9. The predicted molar refractivity (Wildman–Crippen MR) is 62.9 cm³/mol. The Morgan fingerprint density at radius 1 is 1.53 bits per heavy atom. The molecule has 0 aliphatic heterocycles. The molecule has 0 radical (unpaired) electrons. The lowest BCUT2D eigenvalue weighted by molar-refractivity contribution is -0.136. The zero-order valence-corrected chi connectivity index (χ0v) is 10.9. The van der Waals surface area contributed by atoms with Crippen LogP contribution in [0.2, 0.25) is 0 Å². The first-order chi connectivity index (χ1) is 8.83. The Balaban J connectivity index is 2.48. The zero-order valence-electron chi connectivity index (χ0n) is 10.1. The number of amides is 1. The third-order valence-electron chi connectivity index (χ3n) is 1.99. The van der Waals surface area contributed by atoms with Crippen LogP contribution in [0.25, 0.3) is 0 Å². The van der Waals surface area contributed by atoms with E-state index < -0.39 is 24.3 Å². The lowest BCUT2D eigenvalue weighted by atomic mass is 10.5. The fraction of sp³-hybridized carbons (Fsp3) is 0.667. The van der Waals surface area contributed by atoms with E-state index in [-0.39, 0.29) is 10.9 Å². The molecule has 0 unspecified atom stereocenters. The number of aromatic amines is 1. The lowest BCUT2D eigenvalue weighted by Gasteiger charge is -2.08. The normalized spacial score (nSPS) is 11.6. The second-order valence-electron chi connectivity index (χ2n) is 3.64. The van der Waals surface area contributed by atoms with Gasteiger partial charge in [0.15, 0.2) is 5.16 Å². The Morgan fingerprint density at radius 3 is 2.79 bits per heavy atom. The number of nitrogens with zero attached hydrogens (tertiary/aromatic N) is 2. The van der Waals surface area contributed by atoms with Crippen LogP contribution >= 0.6 is 11.8 Å². The topological polar surface area (TPSA) is 79.8 Å². The summed E-state index contributed by atoms with van der Waals surface area (Å²) in [6.45, 7) is 0.931. The first kappa shape index (κ1) is 15.6. The van der Waals surface area contributed by atoms with Crippen molar-refractivity contribution < 1.29 is 18.0 Å². The van der Waals surface area contributed by atoms with Crippen LogP contribution < -0.4 is 11.0 Å². The molecule has 2 N–H and O–H groups in total. The van der Waals surface area contributed by atoms with Crippen LogP contribution in [-0.4, -0.2) is 39.1 Å². The molecular weight excluding hydrogens is 285 g/mol. The highest BCUT2D eigenvalue weighted by molar-refractivity contribution is 7.99. The van der Waals surface area contributed by atoms with Gasteiger partial charge in [0.05, 0.1) is 5.75 Å². The molecular formula is C9H13F3N4O2S. The van der Waals surface area contributed by atoms with Crippen molar-refractivity contribution in [3.8, 4) is 0 Å². The number of halogens is 3. The number of alkyl halides is 3. The molecule has 1 aromatic heterocycles. The van der Waals surface area contributed by atoms with E-state index in [1.54, 1.807) is 5.32 Å². The average molecular weight is 298 g/mol. The average Bonchev–Trinajstić information content (AvgIpc) is 2.65. The van der Waals surface area contributed by atoms with Gasteiger partial charge in [-0.25, -0.2) is 9.89 Å². The van der Waals surface area contributed by atoms with E-state index in [1.165, 1.54) is 4.57 Å². The number of carbonyl (C=O) groups is 1. The summed E-state index contributed by atoms with van der Waals surface area (Å²) >= 11 is 0.908. The van der Waals surface area contributed by atoms with E-state index in [2.05, 4.69) is 10.2 Å². The van der Waals surface area contributed by atoms with Crippen molar-refractivity contribution in [1.82, 2.24) is 20.1 Å². The smallest absolute Gasteiger partial charge is 0.346 e. The van der Waals surface area contributed by atoms with E-state index in [4.69, 9.17) is 0 Å². The Bertz CT molecular complexity index is 483. The summed E-state index contributed by atoms with van der Waals surface area (Å²) in [5.41, 5.74) is -0.403. The molecule has 0 saturated carbocycles. The molecule has 1 rings (SSSR count). The highest BCUT2D eigenvalue weighted by Crippen LogP contribution is 2.14. The van der Waals surface area contributed by atoms with Gasteiger partial charge >= 0.3 is 11.9 Å². The molecule has 19 heavy (non-hydrogen) atoms. The lowest BCUT2D eigenvalue weighted by Crippen LogP contribution is -2.34. The number of hydrogen-bond donors (Lipinski definition) is 2. The Kier molecular flexibility index (Phi) is 5.45. The van der Waals surface area contributed by atoms with Crippen molar-refractivity contribution in [2.24, 2.45) is 0 Å². The van der Waals surface area contributed by atoms with Crippen LogP contribution in [0.4, 0.5) is 13.2 Å². The van der Waals surface area contributed by atoms with E-state index in [9.17, 15) is 22.8 Å². The Labute approximate surface area is 110 Å². The van der Waals surface area contributed by atoms with Gasteiger partial charge in [-0.05, 0) is 6.42 Å². The molecule has 10 heteroatoms. The minimum Gasteiger partial charge on any atom is -0.346 e. The van der Waals surface area contributed by atoms with E-state index in [1.807, 2.05) is 6.92 Å². The molecule has 6 nitrogen and oxygen atoms in total. The van der Waals surface area contributed by atoms with Gasteiger partial charge in [0.25, 0.3) is 0 Å². The van der Waals surface area contributed by atoms with E-state index in [0.717, 1.165) is 11.8 Å². The zero-order chi connectivity index (χ0) is 14.5. The molecule has 1 aromatic rings. The maximum Gasteiger partial charge on any atom is 0.405 e. The third-order valence-corrected chi connectivity index (χ3v) is 2.97. The number of thioether (sulfide) groups is 1. The quantitative estimate of drug-likeness (QED) is 0.760. The summed E-state index contributed by atoms with van der Waals surface area (Å²) in [4.78, 5) is 22.5. The van der Waals surface area contributed by atoms with Gasteiger partial charge < -0.3 is 5.32 Å². The second-order valence-corrected chi connectivity index (χ2v) is 4.59. The predicted octanol–water partition coefficient (Wildman–Crippen LogP) is 0.752. The van der Waals surface area contributed by atoms with Gasteiger partial charge in [0, 0.05) is 6.54 Å². The van der Waals surface area contributed by atoms with Crippen LogP contribution in [0.15, 0.2) is 9.95 Å². The van der Waals surface area contributed by atoms with Crippen LogP contribution in [0.5, 0.6) is 0 Å². The van der Waals surface area contributed by atoms with Crippen LogP contribution in [0, 0.1) is 0 Å². The molecule has 108 valence electrons. The van der Waals surface area contributed by atoms with Crippen molar-refractivity contribution in [3.05, 3.63) is 10.5 Å². The number of nitrogens with one attached hydrogen (secondary N) is 2. The maximum absolute atomic E-state index is 11.9. The molecule has 0 aliphatic carbocycles. The van der Waals surface area contributed by atoms with Crippen molar-refractivity contribution in [1.29, 1.82) is 0 Å². The SMILES string of the molecule is CCCn1c(SCC(=O)NCC(F)(F)F)n[nH]c1=O. The molecule has 0 saturated heterocycles. The highest BCUT2D eigenvalue weighted by Gasteiger charge is 2.27. The van der Waals surface area contributed by atoms with Crippen molar-refractivity contribution in [3.63, 3.8) is 0 Å². The van der Waals surface area contributed by atoms with Gasteiger partial charge in [0.2, 0.25) is 5.91 Å². The fourth-order valence-electron chi connectivity index (χ4n) is 1.21. The minimum atomic E-state index is -4.43. The summed E-state index contributed by atoms with van der Waals surface area (Å²) in [6.07, 6.45) is -3.73. The van der Waals surface area contributed by atoms with Gasteiger partial charge in [-0.15, -0.1) is 5.10 Å². The van der Waals surface area contributed by atoms with Crippen LogP contribution in [0.1, 0.15) is 13.3 Å². The van der Waals surface area contributed by atoms with Crippen LogP contribution in [0.3, 0.4) is 0 Å². The molecule has 1 amide bonds. The van der Waals surface area contributed by atoms with Crippen molar-refractivity contribution >= 4 is 17.7 Å². The molecule has 1 heterocycles. The number of carbonyl (C=O) groups excluding carboxylic acids is 1. The van der Waals surface area contributed by atoms with E-state index in [0.29, 0.717) is 13.0 Å². The third kappa shape index (κ3) is 5.37. The molecule has 0 aliphatic rings. The minimum absolute atomic E-state index is 0.232. The number of H-pyrrole nitrogens is 1. The summed E-state index contributed by atoms with van der Waals surface area (Å²) < 4.78 is 36.9. The molecule has 0 spiro atoms. The largest absolute Gasteiger partial charge is 0.405 e. The van der Waals surface area contributed by atoms with Crippen molar-refractivity contribution in [2.45, 2.75) is 31.2 Å². The number of hydrogen-bond acceptors (Lipinski definition) is 4. The Morgan fingerprint density at radius 2 is 2.21 bits per heavy atom. The van der Waals surface area contributed by atoms with E-state index >= 15 is 0 Å². The van der Waals surface area contributed by atoms with Gasteiger partial charge in [-0.1, -0.05) is 18.7 Å². The monoisotopic (exact) mass is 298 g/mol. The first-order valence-corrected chi connectivity index (χ1v) is 6.43. The van der Waals surface area contributed by atoms with Crippen molar-refractivity contribution in [2.75, 3.05) is 12.3 Å².